The summed E-state index contributed by atoms with van der Waals surface area (Å²) in [5.41, 5.74) is 3.73. The fourth-order valence-electron chi connectivity index (χ4n) is 3.80. The van der Waals surface area contributed by atoms with Crippen molar-refractivity contribution in [2.45, 2.75) is 52.1 Å². The SMILES string of the molecule is CCC(=O)N(c1ccc(CC)cc1)C1CCN(Cc2ccccc2)CC1. The molecule has 0 spiro atoms. The van der Waals surface area contributed by atoms with Gasteiger partial charge in [-0.2, -0.15) is 0 Å². The van der Waals surface area contributed by atoms with Crippen LogP contribution in [-0.4, -0.2) is 29.9 Å². The first kappa shape index (κ1) is 18.7. The zero-order valence-corrected chi connectivity index (χ0v) is 16.0. The van der Waals surface area contributed by atoms with E-state index >= 15 is 0 Å². The topological polar surface area (TPSA) is 23.6 Å². The molecule has 3 heteroatoms. The number of likely N-dealkylation sites (tertiary alicyclic amines) is 1. The van der Waals surface area contributed by atoms with Crippen molar-refractivity contribution in [1.82, 2.24) is 4.90 Å². The van der Waals surface area contributed by atoms with Crippen LogP contribution in [-0.2, 0) is 17.8 Å². The van der Waals surface area contributed by atoms with Gasteiger partial charge in [0.15, 0.2) is 0 Å². The summed E-state index contributed by atoms with van der Waals surface area (Å²) in [5, 5.41) is 0. The molecule has 1 fully saturated rings. The minimum absolute atomic E-state index is 0.232. The molecule has 1 saturated heterocycles. The van der Waals surface area contributed by atoms with Crippen molar-refractivity contribution in [2.75, 3.05) is 18.0 Å². The van der Waals surface area contributed by atoms with Gasteiger partial charge in [0.1, 0.15) is 0 Å². The van der Waals surface area contributed by atoms with Crippen LogP contribution in [0.5, 0.6) is 0 Å². The number of anilines is 1. The number of aryl methyl sites for hydroxylation is 1. The van der Waals surface area contributed by atoms with E-state index < -0.39 is 0 Å². The number of carbonyl (C=O) groups is 1. The van der Waals surface area contributed by atoms with Gasteiger partial charge in [0, 0.05) is 37.8 Å². The number of benzene rings is 2. The summed E-state index contributed by atoms with van der Waals surface area (Å²) in [7, 11) is 0. The molecular weight excluding hydrogens is 320 g/mol. The Morgan fingerprint density at radius 1 is 0.962 bits per heavy atom. The van der Waals surface area contributed by atoms with Crippen molar-refractivity contribution in [2.24, 2.45) is 0 Å². The zero-order valence-electron chi connectivity index (χ0n) is 16.0. The molecule has 26 heavy (non-hydrogen) atoms. The molecule has 1 aliphatic rings. The second-order valence-electron chi connectivity index (χ2n) is 7.13. The van der Waals surface area contributed by atoms with Gasteiger partial charge in [-0.3, -0.25) is 9.69 Å². The summed E-state index contributed by atoms with van der Waals surface area (Å²) < 4.78 is 0. The van der Waals surface area contributed by atoms with Crippen molar-refractivity contribution < 1.29 is 4.79 Å². The van der Waals surface area contributed by atoms with Gasteiger partial charge in [-0.05, 0) is 42.5 Å². The van der Waals surface area contributed by atoms with E-state index in [4.69, 9.17) is 0 Å². The fourth-order valence-corrected chi connectivity index (χ4v) is 3.80. The van der Waals surface area contributed by atoms with Crippen LogP contribution >= 0.6 is 0 Å². The number of hydrogen-bond acceptors (Lipinski definition) is 2. The second kappa shape index (κ2) is 9.00. The lowest BCUT2D eigenvalue weighted by Crippen LogP contribution is -2.47. The Labute approximate surface area is 157 Å². The van der Waals surface area contributed by atoms with E-state index in [2.05, 4.69) is 71.3 Å². The van der Waals surface area contributed by atoms with Crippen LogP contribution in [0.1, 0.15) is 44.2 Å². The summed E-state index contributed by atoms with van der Waals surface area (Å²) in [5.74, 6) is 0.232. The molecule has 0 aromatic heterocycles. The van der Waals surface area contributed by atoms with Crippen LogP contribution in [0.25, 0.3) is 0 Å². The Balaban J connectivity index is 1.66. The third kappa shape index (κ3) is 4.53. The van der Waals surface area contributed by atoms with Crippen LogP contribution < -0.4 is 4.90 Å². The predicted octanol–water partition coefficient (Wildman–Crippen LogP) is 4.66. The zero-order chi connectivity index (χ0) is 18.4. The predicted molar refractivity (Wildman–Crippen MR) is 108 cm³/mol. The maximum atomic E-state index is 12.7. The van der Waals surface area contributed by atoms with Crippen LogP contribution in [0.2, 0.25) is 0 Å². The molecule has 1 heterocycles. The molecule has 1 aliphatic heterocycles. The first-order valence-corrected chi connectivity index (χ1v) is 9.88. The number of carbonyl (C=O) groups excluding carboxylic acids is 1. The number of hydrogen-bond donors (Lipinski definition) is 0. The van der Waals surface area contributed by atoms with Gasteiger partial charge in [-0.1, -0.05) is 56.3 Å². The molecule has 1 amide bonds. The first-order chi connectivity index (χ1) is 12.7. The van der Waals surface area contributed by atoms with Gasteiger partial charge in [-0.15, -0.1) is 0 Å². The van der Waals surface area contributed by atoms with Gasteiger partial charge in [0.2, 0.25) is 5.91 Å². The van der Waals surface area contributed by atoms with Crippen molar-refractivity contribution in [3.8, 4) is 0 Å². The largest absolute Gasteiger partial charge is 0.309 e. The van der Waals surface area contributed by atoms with E-state index in [1.807, 2.05) is 6.92 Å². The van der Waals surface area contributed by atoms with Crippen LogP contribution in [0.15, 0.2) is 54.6 Å². The summed E-state index contributed by atoms with van der Waals surface area (Å²) >= 11 is 0. The Bertz CT molecular complexity index is 688. The molecule has 3 nitrogen and oxygen atoms in total. The van der Waals surface area contributed by atoms with Crippen molar-refractivity contribution in [1.29, 1.82) is 0 Å². The van der Waals surface area contributed by atoms with E-state index in [0.29, 0.717) is 12.5 Å². The minimum Gasteiger partial charge on any atom is -0.309 e. The van der Waals surface area contributed by atoms with Gasteiger partial charge in [0.05, 0.1) is 0 Å². The fraction of sp³-hybridized carbons (Fsp3) is 0.435. The molecule has 138 valence electrons. The maximum Gasteiger partial charge on any atom is 0.226 e. The number of nitrogens with zero attached hydrogens (tertiary/aromatic N) is 2. The quantitative estimate of drug-likeness (QED) is 0.757. The monoisotopic (exact) mass is 350 g/mol. The highest BCUT2D eigenvalue weighted by Crippen LogP contribution is 2.26. The molecule has 3 rings (SSSR count). The lowest BCUT2D eigenvalue weighted by atomic mass is 10.0. The molecule has 2 aromatic carbocycles. The summed E-state index contributed by atoms with van der Waals surface area (Å²) in [6.07, 6.45) is 3.65. The Morgan fingerprint density at radius 2 is 1.62 bits per heavy atom. The molecule has 0 aliphatic carbocycles. The molecule has 0 radical (unpaired) electrons. The molecule has 0 saturated carbocycles. The lowest BCUT2D eigenvalue weighted by molar-refractivity contribution is -0.119. The average molecular weight is 351 g/mol. The highest BCUT2D eigenvalue weighted by Gasteiger charge is 2.28. The number of rotatable bonds is 6. The number of amides is 1. The third-order valence-corrected chi connectivity index (χ3v) is 5.37. The molecular formula is C23H30N2O. The molecule has 0 unspecified atom stereocenters. The first-order valence-electron chi connectivity index (χ1n) is 9.88. The van der Waals surface area contributed by atoms with Gasteiger partial charge in [0.25, 0.3) is 0 Å². The maximum absolute atomic E-state index is 12.7. The Kier molecular flexibility index (Phi) is 6.45. The second-order valence-corrected chi connectivity index (χ2v) is 7.13. The van der Waals surface area contributed by atoms with Gasteiger partial charge < -0.3 is 4.90 Å². The highest BCUT2D eigenvalue weighted by atomic mass is 16.2. The van der Waals surface area contributed by atoms with E-state index in [1.165, 1.54) is 11.1 Å². The van der Waals surface area contributed by atoms with Crippen molar-refractivity contribution in [3.05, 3.63) is 65.7 Å². The lowest BCUT2D eigenvalue weighted by Gasteiger charge is -2.38. The normalized spacial score (nSPS) is 15.8. The third-order valence-electron chi connectivity index (χ3n) is 5.37. The van der Waals surface area contributed by atoms with Crippen LogP contribution in [0, 0.1) is 0 Å². The Morgan fingerprint density at radius 3 is 2.19 bits per heavy atom. The van der Waals surface area contributed by atoms with E-state index in [9.17, 15) is 4.79 Å². The van der Waals surface area contributed by atoms with Gasteiger partial charge in [-0.25, -0.2) is 0 Å². The summed E-state index contributed by atoms with van der Waals surface area (Å²) in [6, 6.07) is 19.5. The number of piperidine rings is 1. The smallest absolute Gasteiger partial charge is 0.226 e. The van der Waals surface area contributed by atoms with E-state index in [1.54, 1.807) is 0 Å². The molecule has 0 bridgehead atoms. The van der Waals surface area contributed by atoms with Crippen LogP contribution in [0.3, 0.4) is 0 Å². The van der Waals surface area contributed by atoms with Crippen LogP contribution in [0.4, 0.5) is 5.69 Å². The van der Waals surface area contributed by atoms with Gasteiger partial charge >= 0.3 is 0 Å². The van der Waals surface area contributed by atoms with Crippen molar-refractivity contribution in [3.63, 3.8) is 0 Å². The minimum atomic E-state index is 0.232. The average Bonchev–Trinajstić information content (AvgIpc) is 2.70. The molecule has 2 aromatic rings. The Hall–Kier alpha value is -2.13. The van der Waals surface area contributed by atoms with Crippen molar-refractivity contribution >= 4 is 11.6 Å². The highest BCUT2D eigenvalue weighted by molar-refractivity contribution is 5.93. The molecule has 0 N–H and O–H groups in total. The standard InChI is InChI=1S/C23H30N2O/c1-3-19-10-12-21(13-11-19)25(23(26)4-2)22-14-16-24(17-15-22)18-20-8-6-5-7-9-20/h5-13,22H,3-4,14-18H2,1-2H3. The summed E-state index contributed by atoms with van der Waals surface area (Å²) in [6.45, 7) is 7.20. The summed E-state index contributed by atoms with van der Waals surface area (Å²) in [4.78, 5) is 17.2. The van der Waals surface area contributed by atoms with E-state index in [0.717, 1.165) is 44.6 Å². The molecule has 0 atom stereocenters. The van der Waals surface area contributed by atoms with E-state index in [-0.39, 0.29) is 5.91 Å².